The Bertz CT molecular complexity index is 983. The Balaban J connectivity index is 1.74. The van der Waals surface area contributed by atoms with Crippen molar-refractivity contribution < 1.29 is 4.79 Å². The number of aryl methyl sites for hydroxylation is 1. The van der Waals surface area contributed by atoms with Crippen LogP contribution in [0.3, 0.4) is 0 Å². The molecule has 2 aromatic carbocycles. The van der Waals surface area contributed by atoms with Gasteiger partial charge in [0, 0.05) is 23.8 Å². The van der Waals surface area contributed by atoms with E-state index in [2.05, 4.69) is 15.2 Å². The first-order chi connectivity index (χ1) is 12.6. The van der Waals surface area contributed by atoms with E-state index in [0.717, 1.165) is 37.0 Å². The molecule has 3 aromatic rings. The van der Waals surface area contributed by atoms with Crippen molar-refractivity contribution in [1.29, 1.82) is 0 Å². The molecule has 0 radical (unpaired) electrons. The monoisotopic (exact) mass is 366 g/mol. The van der Waals surface area contributed by atoms with Gasteiger partial charge >= 0.3 is 0 Å². The number of aromatic nitrogens is 2. The molecule has 1 N–H and O–H groups in total. The van der Waals surface area contributed by atoms with E-state index in [1.807, 2.05) is 43.3 Å². The summed E-state index contributed by atoms with van der Waals surface area (Å²) < 4.78 is 0. The zero-order chi connectivity index (χ0) is 18.1. The number of benzene rings is 2. The highest BCUT2D eigenvalue weighted by Gasteiger charge is 2.23. The van der Waals surface area contributed by atoms with Crippen LogP contribution in [0, 0.1) is 6.92 Å². The van der Waals surface area contributed by atoms with Gasteiger partial charge in [-0.2, -0.15) is 0 Å². The second kappa shape index (κ2) is 6.92. The van der Waals surface area contributed by atoms with Crippen molar-refractivity contribution in [3.05, 3.63) is 58.7 Å². The molecule has 132 valence electrons. The summed E-state index contributed by atoms with van der Waals surface area (Å²) in [6.07, 6.45) is 2.20. The third-order valence-electron chi connectivity index (χ3n) is 4.60. The van der Waals surface area contributed by atoms with Gasteiger partial charge in [-0.05, 0) is 49.6 Å². The smallest absolute Gasteiger partial charge is 0.278 e. The average Bonchev–Trinajstić information content (AvgIpc) is 3.18. The van der Waals surface area contributed by atoms with Crippen molar-refractivity contribution in [2.75, 3.05) is 23.3 Å². The van der Waals surface area contributed by atoms with Crippen LogP contribution in [0.5, 0.6) is 0 Å². The van der Waals surface area contributed by atoms with E-state index in [1.165, 1.54) is 0 Å². The van der Waals surface area contributed by atoms with Gasteiger partial charge in [0.25, 0.3) is 5.91 Å². The lowest BCUT2D eigenvalue weighted by Crippen LogP contribution is -2.25. The quantitative estimate of drug-likeness (QED) is 0.744. The zero-order valence-electron chi connectivity index (χ0n) is 14.5. The number of nitrogens with zero attached hydrogens (tertiary/aromatic N) is 3. The van der Waals surface area contributed by atoms with E-state index in [-0.39, 0.29) is 5.91 Å². The molecule has 2 heterocycles. The van der Waals surface area contributed by atoms with Crippen LogP contribution in [-0.4, -0.2) is 29.0 Å². The first-order valence-electron chi connectivity index (χ1n) is 8.71. The van der Waals surface area contributed by atoms with Gasteiger partial charge < -0.3 is 10.2 Å². The molecule has 0 spiro atoms. The third-order valence-corrected chi connectivity index (χ3v) is 5.01. The lowest BCUT2D eigenvalue weighted by atomic mass is 10.2. The van der Waals surface area contributed by atoms with Gasteiger partial charge in [-0.3, -0.25) is 4.79 Å². The molecule has 1 aromatic heterocycles. The Labute approximate surface area is 157 Å². The minimum absolute atomic E-state index is 0.273. The standard InChI is InChI=1S/C20H19ClN4O/c1-13-8-9-14(12-15(13)21)22-20(26)18-19(25-10-4-5-11-25)24-17-7-3-2-6-16(17)23-18/h2-3,6-9,12H,4-5,10-11H2,1H3,(H,22,26). The Morgan fingerprint density at radius 3 is 2.46 bits per heavy atom. The van der Waals surface area contributed by atoms with Crippen molar-refractivity contribution in [1.82, 2.24) is 9.97 Å². The van der Waals surface area contributed by atoms with Crippen molar-refractivity contribution in [3.63, 3.8) is 0 Å². The normalized spacial score (nSPS) is 14.0. The van der Waals surface area contributed by atoms with Crippen LogP contribution in [0.25, 0.3) is 11.0 Å². The average molecular weight is 367 g/mol. The summed E-state index contributed by atoms with van der Waals surface area (Å²) in [6, 6.07) is 13.1. The summed E-state index contributed by atoms with van der Waals surface area (Å²) in [5.74, 6) is 0.377. The van der Waals surface area contributed by atoms with Gasteiger partial charge in [0.05, 0.1) is 11.0 Å². The Morgan fingerprint density at radius 1 is 1.08 bits per heavy atom. The van der Waals surface area contributed by atoms with Crippen LogP contribution < -0.4 is 10.2 Å². The van der Waals surface area contributed by atoms with Gasteiger partial charge in [-0.15, -0.1) is 0 Å². The topological polar surface area (TPSA) is 58.1 Å². The van der Waals surface area contributed by atoms with Crippen LogP contribution >= 0.6 is 11.6 Å². The molecule has 5 nitrogen and oxygen atoms in total. The maximum absolute atomic E-state index is 12.9. The van der Waals surface area contributed by atoms with E-state index in [4.69, 9.17) is 16.6 Å². The SMILES string of the molecule is Cc1ccc(NC(=O)c2nc3ccccc3nc2N2CCCC2)cc1Cl. The number of para-hydroxylation sites is 2. The maximum atomic E-state index is 12.9. The first kappa shape index (κ1) is 16.8. The molecule has 1 aliphatic heterocycles. The molecule has 1 saturated heterocycles. The summed E-state index contributed by atoms with van der Waals surface area (Å²) in [5.41, 5.74) is 3.47. The molecule has 0 aliphatic carbocycles. The number of nitrogens with one attached hydrogen (secondary N) is 1. The summed E-state index contributed by atoms with van der Waals surface area (Å²) in [4.78, 5) is 24.4. The van der Waals surface area contributed by atoms with Crippen molar-refractivity contribution in [3.8, 4) is 0 Å². The highest BCUT2D eigenvalue weighted by molar-refractivity contribution is 6.31. The Morgan fingerprint density at radius 2 is 1.77 bits per heavy atom. The molecule has 0 atom stereocenters. The second-order valence-corrected chi connectivity index (χ2v) is 6.90. The molecule has 0 unspecified atom stereocenters. The number of halogens is 1. The summed E-state index contributed by atoms with van der Waals surface area (Å²) >= 11 is 6.17. The molecule has 0 saturated carbocycles. The predicted molar refractivity (Wildman–Crippen MR) is 105 cm³/mol. The van der Waals surface area contributed by atoms with E-state index < -0.39 is 0 Å². The molecule has 6 heteroatoms. The molecular weight excluding hydrogens is 348 g/mol. The number of amides is 1. The molecular formula is C20H19ClN4O. The van der Waals surface area contributed by atoms with Gasteiger partial charge in [0.1, 0.15) is 0 Å². The lowest BCUT2D eigenvalue weighted by Gasteiger charge is -2.19. The van der Waals surface area contributed by atoms with E-state index >= 15 is 0 Å². The summed E-state index contributed by atoms with van der Waals surface area (Å²) in [5, 5.41) is 3.52. The van der Waals surface area contributed by atoms with E-state index in [9.17, 15) is 4.79 Å². The maximum Gasteiger partial charge on any atom is 0.278 e. The fraction of sp³-hybridized carbons (Fsp3) is 0.250. The van der Waals surface area contributed by atoms with Crippen LogP contribution in [0.1, 0.15) is 28.9 Å². The van der Waals surface area contributed by atoms with Crippen LogP contribution in [0.4, 0.5) is 11.5 Å². The number of anilines is 2. The fourth-order valence-electron chi connectivity index (χ4n) is 3.15. The minimum Gasteiger partial charge on any atom is -0.355 e. The van der Waals surface area contributed by atoms with E-state index in [0.29, 0.717) is 27.7 Å². The Hall–Kier alpha value is -2.66. The number of rotatable bonds is 3. The minimum atomic E-state index is -0.273. The number of carbonyl (C=O) groups excluding carboxylic acids is 1. The number of carbonyl (C=O) groups is 1. The summed E-state index contributed by atoms with van der Waals surface area (Å²) in [7, 11) is 0. The van der Waals surface area contributed by atoms with Crippen LogP contribution in [0.15, 0.2) is 42.5 Å². The van der Waals surface area contributed by atoms with Gasteiger partial charge in [-0.1, -0.05) is 29.8 Å². The molecule has 1 fully saturated rings. The van der Waals surface area contributed by atoms with Crippen molar-refractivity contribution in [2.24, 2.45) is 0 Å². The molecule has 26 heavy (non-hydrogen) atoms. The zero-order valence-corrected chi connectivity index (χ0v) is 15.3. The molecule has 4 rings (SSSR count). The van der Waals surface area contributed by atoms with Crippen molar-refractivity contribution in [2.45, 2.75) is 19.8 Å². The van der Waals surface area contributed by atoms with Gasteiger partial charge in [0.15, 0.2) is 11.5 Å². The first-order valence-corrected chi connectivity index (χ1v) is 9.09. The number of hydrogen-bond donors (Lipinski definition) is 1. The number of fused-ring (bicyclic) bond motifs is 1. The lowest BCUT2D eigenvalue weighted by molar-refractivity contribution is 0.102. The molecule has 0 bridgehead atoms. The second-order valence-electron chi connectivity index (χ2n) is 6.50. The predicted octanol–water partition coefficient (Wildman–Crippen LogP) is 4.44. The van der Waals surface area contributed by atoms with Crippen LogP contribution in [-0.2, 0) is 0 Å². The molecule has 1 amide bonds. The van der Waals surface area contributed by atoms with E-state index in [1.54, 1.807) is 6.07 Å². The third kappa shape index (κ3) is 3.22. The largest absolute Gasteiger partial charge is 0.355 e. The summed E-state index contributed by atoms with van der Waals surface area (Å²) in [6.45, 7) is 3.71. The molecule has 1 aliphatic rings. The van der Waals surface area contributed by atoms with Crippen LogP contribution in [0.2, 0.25) is 5.02 Å². The van der Waals surface area contributed by atoms with Gasteiger partial charge in [0.2, 0.25) is 0 Å². The number of hydrogen-bond acceptors (Lipinski definition) is 4. The fourth-order valence-corrected chi connectivity index (χ4v) is 3.33. The highest BCUT2D eigenvalue weighted by Crippen LogP contribution is 2.26. The Kier molecular flexibility index (Phi) is 4.47. The van der Waals surface area contributed by atoms with Gasteiger partial charge in [-0.25, -0.2) is 9.97 Å². The van der Waals surface area contributed by atoms with Crippen molar-refractivity contribution >= 4 is 40.0 Å². The highest BCUT2D eigenvalue weighted by atomic mass is 35.5.